The number of hydrogen-bond acceptors (Lipinski definition) is 4. The maximum absolute atomic E-state index is 13.1. The lowest BCUT2D eigenvalue weighted by Gasteiger charge is -2.33. The predicted octanol–water partition coefficient (Wildman–Crippen LogP) is 2.85. The van der Waals surface area contributed by atoms with Gasteiger partial charge in [-0.05, 0) is 31.9 Å². The van der Waals surface area contributed by atoms with Crippen molar-refractivity contribution in [3.8, 4) is 0 Å². The second-order valence-corrected chi connectivity index (χ2v) is 7.39. The van der Waals surface area contributed by atoms with E-state index in [4.69, 9.17) is 4.74 Å². The van der Waals surface area contributed by atoms with E-state index in [1.54, 1.807) is 13.4 Å². The highest BCUT2D eigenvalue weighted by atomic mass is 16.5. The fraction of sp³-hybridized carbons (Fsp3) is 0.476. The molecule has 1 aliphatic heterocycles. The molecule has 1 aromatic carbocycles. The molecule has 1 aliphatic rings. The largest absolute Gasteiger partial charge is 0.383 e. The van der Waals surface area contributed by atoms with Crippen LogP contribution in [0.4, 0.5) is 0 Å². The van der Waals surface area contributed by atoms with Gasteiger partial charge in [0.25, 0.3) is 0 Å². The molecule has 3 heterocycles. The van der Waals surface area contributed by atoms with Crippen LogP contribution in [0.1, 0.15) is 37.5 Å². The number of rotatable bonds is 6. The molecule has 1 atom stereocenters. The van der Waals surface area contributed by atoms with E-state index >= 15 is 0 Å². The number of benzene rings is 1. The Hall–Kier alpha value is -2.67. The first-order valence-corrected chi connectivity index (χ1v) is 9.89. The number of para-hydroxylation sites is 2. The average molecular weight is 381 g/mol. The van der Waals surface area contributed by atoms with Gasteiger partial charge in [-0.3, -0.25) is 4.79 Å². The Morgan fingerprint density at radius 2 is 2.04 bits per heavy atom. The Morgan fingerprint density at radius 1 is 1.25 bits per heavy atom. The Morgan fingerprint density at radius 3 is 2.82 bits per heavy atom. The van der Waals surface area contributed by atoms with Crippen molar-refractivity contribution in [2.75, 3.05) is 26.8 Å². The third-order valence-corrected chi connectivity index (χ3v) is 5.71. The third-order valence-electron chi connectivity index (χ3n) is 5.71. The molecule has 7 nitrogen and oxygen atoms in total. The minimum atomic E-state index is -0.257. The van der Waals surface area contributed by atoms with Crippen LogP contribution in [0.15, 0.2) is 43.0 Å². The molecule has 7 heteroatoms. The van der Waals surface area contributed by atoms with Crippen LogP contribution in [0.5, 0.6) is 0 Å². The molecule has 3 aromatic rings. The van der Waals surface area contributed by atoms with E-state index in [2.05, 4.69) is 14.5 Å². The smallest absolute Gasteiger partial charge is 0.245 e. The first-order valence-electron chi connectivity index (χ1n) is 9.89. The molecule has 0 unspecified atom stereocenters. The standard InChI is InChI=1S/C21H27N5O2/c1-16(26-15-23-18-5-3-4-6-19(18)26)21(27)25-10-7-17(8-11-25)20-22-9-12-24(20)13-14-28-2/h3-6,9,12,15-17H,7-8,10-11,13-14H2,1-2H3/t16-/m1/s1. The molecule has 2 aromatic heterocycles. The van der Waals surface area contributed by atoms with Gasteiger partial charge in [0.05, 0.1) is 24.0 Å². The van der Waals surface area contributed by atoms with E-state index in [1.807, 2.05) is 53.0 Å². The maximum Gasteiger partial charge on any atom is 0.245 e. The van der Waals surface area contributed by atoms with Crippen molar-refractivity contribution in [1.82, 2.24) is 24.0 Å². The van der Waals surface area contributed by atoms with Gasteiger partial charge in [-0.15, -0.1) is 0 Å². The van der Waals surface area contributed by atoms with Crippen LogP contribution in [0.2, 0.25) is 0 Å². The second-order valence-electron chi connectivity index (χ2n) is 7.39. The van der Waals surface area contributed by atoms with E-state index < -0.39 is 0 Å². The molecule has 0 N–H and O–H groups in total. The lowest BCUT2D eigenvalue weighted by molar-refractivity contribution is -0.135. The van der Waals surface area contributed by atoms with Gasteiger partial charge in [0.2, 0.25) is 5.91 Å². The summed E-state index contributed by atoms with van der Waals surface area (Å²) in [6.07, 6.45) is 7.51. The van der Waals surface area contributed by atoms with Crippen molar-refractivity contribution in [3.05, 3.63) is 48.8 Å². The monoisotopic (exact) mass is 381 g/mol. The van der Waals surface area contributed by atoms with Crippen molar-refractivity contribution in [2.45, 2.75) is 38.3 Å². The number of fused-ring (bicyclic) bond motifs is 1. The fourth-order valence-electron chi connectivity index (χ4n) is 4.09. The molecule has 0 bridgehead atoms. The lowest BCUT2D eigenvalue weighted by atomic mass is 9.95. The summed E-state index contributed by atoms with van der Waals surface area (Å²) in [6, 6.07) is 7.67. The van der Waals surface area contributed by atoms with Crippen molar-refractivity contribution >= 4 is 16.9 Å². The Bertz CT molecular complexity index is 939. The molecule has 1 saturated heterocycles. The Labute approximate surface area is 164 Å². The number of carbonyl (C=O) groups is 1. The summed E-state index contributed by atoms with van der Waals surface area (Å²) in [5.74, 6) is 1.66. The topological polar surface area (TPSA) is 65.2 Å². The van der Waals surface area contributed by atoms with Crippen LogP contribution in [0, 0.1) is 0 Å². The van der Waals surface area contributed by atoms with Gasteiger partial charge in [-0.2, -0.15) is 0 Å². The molecule has 1 fully saturated rings. The number of methoxy groups -OCH3 is 1. The van der Waals surface area contributed by atoms with Crippen molar-refractivity contribution in [2.24, 2.45) is 0 Å². The zero-order valence-electron chi connectivity index (χ0n) is 16.5. The number of piperidine rings is 1. The number of aromatic nitrogens is 4. The van der Waals surface area contributed by atoms with E-state index in [-0.39, 0.29) is 11.9 Å². The van der Waals surface area contributed by atoms with Crippen LogP contribution >= 0.6 is 0 Å². The molecular weight excluding hydrogens is 354 g/mol. The van der Waals surface area contributed by atoms with Gasteiger partial charge in [0.1, 0.15) is 11.9 Å². The summed E-state index contributed by atoms with van der Waals surface area (Å²) >= 11 is 0. The number of likely N-dealkylation sites (tertiary alicyclic amines) is 1. The summed E-state index contributed by atoms with van der Waals surface area (Å²) in [5.41, 5.74) is 1.92. The average Bonchev–Trinajstić information content (AvgIpc) is 3.38. The highest BCUT2D eigenvalue weighted by Gasteiger charge is 2.29. The van der Waals surface area contributed by atoms with Gasteiger partial charge in [0.15, 0.2) is 0 Å². The molecule has 0 spiro atoms. The summed E-state index contributed by atoms with van der Waals surface area (Å²) in [5, 5.41) is 0. The lowest BCUT2D eigenvalue weighted by Crippen LogP contribution is -2.41. The molecule has 4 rings (SSSR count). The van der Waals surface area contributed by atoms with Crippen molar-refractivity contribution < 1.29 is 9.53 Å². The minimum absolute atomic E-state index is 0.157. The molecule has 1 amide bonds. The Balaban J connectivity index is 1.41. The SMILES string of the molecule is COCCn1ccnc1C1CCN(C(=O)[C@@H](C)n2cnc3ccccc32)CC1. The zero-order chi connectivity index (χ0) is 19.5. The molecule has 0 radical (unpaired) electrons. The zero-order valence-corrected chi connectivity index (χ0v) is 16.5. The van der Waals surface area contributed by atoms with E-state index in [0.29, 0.717) is 12.5 Å². The molecule has 28 heavy (non-hydrogen) atoms. The van der Waals surface area contributed by atoms with Gasteiger partial charge in [0, 0.05) is 45.1 Å². The van der Waals surface area contributed by atoms with Crippen molar-refractivity contribution in [3.63, 3.8) is 0 Å². The summed E-state index contributed by atoms with van der Waals surface area (Å²) in [7, 11) is 1.71. The second kappa shape index (κ2) is 8.14. The van der Waals surface area contributed by atoms with E-state index in [0.717, 1.165) is 49.3 Å². The van der Waals surface area contributed by atoms with Gasteiger partial charge in [-0.25, -0.2) is 9.97 Å². The van der Waals surface area contributed by atoms with E-state index in [1.165, 1.54) is 0 Å². The van der Waals surface area contributed by atoms with Crippen LogP contribution in [0.25, 0.3) is 11.0 Å². The number of nitrogens with zero attached hydrogens (tertiary/aromatic N) is 5. The van der Waals surface area contributed by atoms with Crippen LogP contribution in [-0.2, 0) is 16.1 Å². The normalized spacial score (nSPS) is 16.6. The van der Waals surface area contributed by atoms with Gasteiger partial charge in [-0.1, -0.05) is 12.1 Å². The first-order chi connectivity index (χ1) is 13.7. The van der Waals surface area contributed by atoms with Crippen LogP contribution < -0.4 is 0 Å². The molecule has 0 saturated carbocycles. The number of carbonyl (C=O) groups excluding carboxylic acids is 1. The van der Waals surface area contributed by atoms with Crippen LogP contribution in [0.3, 0.4) is 0 Å². The summed E-state index contributed by atoms with van der Waals surface area (Å²) in [4.78, 5) is 24.0. The highest BCUT2D eigenvalue weighted by molar-refractivity contribution is 5.83. The molecular formula is C21H27N5O2. The summed E-state index contributed by atoms with van der Waals surface area (Å²) < 4.78 is 9.34. The van der Waals surface area contributed by atoms with Gasteiger partial charge >= 0.3 is 0 Å². The third kappa shape index (κ3) is 3.54. The number of imidazole rings is 2. The number of amides is 1. The Kier molecular flexibility index (Phi) is 5.43. The van der Waals surface area contributed by atoms with Gasteiger partial charge < -0.3 is 18.8 Å². The fourth-order valence-corrected chi connectivity index (χ4v) is 4.09. The van der Waals surface area contributed by atoms with E-state index in [9.17, 15) is 4.79 Å². The predicted molar refractivity (Wildman–Crippen MR) is 107 cm³/mol. The number of ether oxygens (including phenoxy) is 1. The maximum atomic E-state index is 13.1. The minimum Gasteiger partial charge on any atom is -0.383 e. The molecule has 0 aliphatic carbocycles. The highest BCUT2D eigenvalue weighted by Crippen LogP contribution is 2.28. The van der Waals surface area contributed by atoms with Crippen LogP contribution in [-0.4, -0.2) is 56.7 Å². The summed E-state index contributed by atoms with van der Waals surface area (Å²) in [6.45, 7) is 4.97. The number of hydrogen-bond donors (Lipinski definition) is 0. The quantitative estimate of drug-likeness (QED) is 0.659. The van der Waals surface area contributed by atoms with Crippen molar-refractivity contribution in [1.29, 1.82) is 0 Å². The first kappa shape index (κ1) is 18.7. The molecule has 148 valence electrons.